The van der Waals surface area contributed by atoms with Gasteiger partial charge in [0.1, 0.15) is 11.6 Å². The van der Waals surface area contributed by atoms with Crippen molar-refractivity contribution in [3.63, 3.8) is 0 Å². The van der Waals surface area contributed by atoms with Crippen LogP contribution >= 0.6 is 12.2 Å². The van der Waals surface area contributed by atoms with Crippen LogP contribution in [0.3, 0.4) is 0 Å². The van der Waals surface area contributed by atoms with Crippen molar-refractivity contribution in [2.75, 3.05) is 19.0 Å². The van der Waals surface area contributed by atoms with Crippen molar-refractivity contribution in [1.82, 2.24) is 10.9 Å². The van der Waals surface area contributed by atoms with E-state index >= 15 is 0 Å². The van der Waals surface area contributed by atoms with Gasteiger partial charge >= 0.3 is 0 Å². The first-order chi connectivity index (χ1) is 12.5. The lowest BCUT2D eigenvalue weighted by Crippen LogP contribution is -2.43. The second-order valence-corrected chi connectivity index (χ2v) is 5.59. The number of hydrazine groups is 1. The van der Waals surface area contributed by atoms with Gasteiger partial charge in [0.05, 0.1) is 19.4 Å². The first-order valence-electron chi connectivity index (χ1n) is 7.91. The Bertz CT molecular complexity index is 786. The highest BCUT2D eigenvalue weighted by atomic mass is 32.1. The first-order valence-corrected chi connectivity index (χ1v) is 8.32. The molecule has 0 spiro atoms. The molecule has 1 amide bonds. The lowest BCUT2D eigenvalue weighted by atomic mass is 10.1. The smallest absolute Gasteiger partial charge is 0.269 e. The number of para-hydroxylation sites is 1. The van der Waals surface area contributed by atoms with Gasteiger partial charge in [-0.05, 0) is 49.5 Å². The zero-order chi connectivity index (χ0) is 18.9. The maximum absolute atomic E-state index is 13.6. The summed E-state index contributed by atoms with van der Waals surface area (Å²) in [6.45, 7) is 2.77. The van der Waals surface area contributed by atoms with Crippen molar-refractivity contribution in [2.45, 2.75) is 13.5 Å². The molecule has 0 atom stereocenters. The third-order valence-electron chi connectivity index (χ3n) is 3.42. The van der Waals surface area contributed by atoms with Gasteiger partial charge in [-0.2, -0.15) is 0 Å². The zero-order valence-electron chi connectivity index (χ0n) is 14.5. The Morgan fingerprint density at radius 3 is 2.65 bits per heavy atom. The maximum atomic E-state index is 13.6. The number of hydrogen-bond acceptors (Lipinski definition) is 4. The van der Waals surface area contributed by atoms with Crippen LogP contribution in [0.1, 0.15) is 22.8 Å². The van der Waals surface area contributed by atoms with Crippen LogP contribution in [0, 0.1) is 5.82 Å². The minimum atomic E-state index is -0.446. The van der Waals surface area contributed by atoms with Gasteiger partial charge in [-0.1, -0.05) is 12.1 Å². The summed E-state index contributed by atoms with van der Waals surface area (Å²) in [5.41, 5.74) is 6.38. The average Bonchev–Trinajstić information content (AvgIpc) is 2.66. The van der Waals surface area contributed by atoms with Crippen molar-refractivity contribution in [3.8, 4) is 5.75 Å². The van der Waals surface area contributed by atoms with Crippen molar-refractivity contribution < 1.29 is 18.7 Å². The number of carbonyl (C=O) groups is 1. The summed E-state index contributed by atoms with van der Waals surface area (Å²) in [6.07, 6.45) is 0. The van der Waals surface area contributed by atoms with Gasteiger partial charge in [-0.25, -0.2) is 4.39 Å². The third-order valence-corrected chi connectivity index (χ3v) is 3.62. The van der Waals surface area contributed by atoms with E-state index in [1.165, 1.54) is 12.1 Å². The van der Waals surface area contributed by atoms with Crippen LogP contribution in [-0.2, 0) is 11.3 Å². The largest absolute Gasteiger partial charge is 0.496 e. The number of halogens is 1. The molecule has 6 nitrogen and oxygen atoms in total. The molecule has 0 saturated heterocycles. The van der Waals surface area contributed by atoms with E-state index in [2.05, 4.69) is 16.2 Å². The van der Waals surface area contributed by atoms with Crippen LogP contribution in [0.4, 0.5) is 10.1 Å². The molecule has 0 aliphatic heterocycles. The number of hydrogen-bond donors (Lipinski definition) is 3. The lowest BCUT2D eigenvalue weighted by Gasteiger charge is -2.13. The molecule has 3 N–H and O–H groups in total. The SMILES string of the molecule is CCOCc1cc(C(=O)NNC(=S)Nc2ccccc2F)ccc1OC. The van der Waals surface area contributed by atoms with Gasteiger partial charge < -0.3 is 14.8 Å². The minimum Gasteiger partial charge on any atom is -0.496 e. The number of thiocarbonyl (C=S) groups is 1. The van der Waals surface area contributed by atoms with E-state index in [1.807, 2.05) is 6.92 Å². The molecule has 26 heavy (non-hydrogen) atoms. The standard InChI is InChI=1S/C18H20FN3O3S/c1-3-25-11-13-10-12(8-9-16(13)24-2)17(23)21-22-18(26)20-15-7-5-4-6-14(15)19/h4-10H,3,11H2,1-2H3,(H,21,23)(H2,20,22,26). The molecule has 2 aromatic carbocycles. The fourth-order valence-corrected chi connectivity index (χ4v) is 2.31. The fourth-order valence-electron chi connectivity index (χ4n) is 2.15. The molecule has 0 aliphatic rings. The van der Waals surface area contributed by atoms with Gasteiger partial charge in [0.15, 0.2) is 5.11 Å². The number of amides is 1. The van der Waals surface area contributed by atoms with E-state index in [0.717, 1.165) is 5.56 Å². The number of benzene rings is 2. The third kappa shape index (κ3) is 5.40. The Kier molecular flexibility index (Phi) is 7.31. The van der Waals surface area contributed by atoms with Crippen LogP contribution < -0.4 is 20.9 Å². The van der Waals surface area contributed by atoms with Crippen molar-refractivity contribution in [1.29, 1.82) is 0 Å². The highest BCUT2D eigenvalue weighted by molar-refractivity contribution is 7.80. The van der Waals surface area contributed by atoms with E-state index in [4.69, 9.17) is 21.7 Å². The summed E-state index contributed by atoms with van der Waals surface area (Å²) < 4.78 is 24.2. The maximum Gasteiger partial charge on any atom is 0.269 e. The van der Waals surface area contributed by atoms with Gasteiger partial charge in [0.25, 0.3) is 5.91 Å². The van der Waals surface area contributed by atoms with Crippen LogP contribution in [0.15, 0.2) is 42.5 Å². The van der Waals surface area contributed by atoms with E-state index in [0.29, 0.717) is 24.5 Å². The van der Waals surface area contributed by atoms with Gasteiger partial charge in [0.2, 0.25) is 0 Å². The minimum absolute atomic E-state index is 0.0616. The predicted octanol–water partition coefficient (Wildman–Crippen LogP) is 3.00. The molecular formula is C18H20FN3O3S. The second kappa shape index (κ2) is 9.69. The summed E-state index contributed by atoms with van der Waals surface area (Å²) in [7, 11) is 1.55. The van der Waals surface area contributed by atoms with Crippen LogP contribution in [0.25, 0.3) is 0 Å². The van der Waals surface area contributed by atoms with Gasteiger partial charge in [0, 0.05) is 17.7 Å². The molecule has 0 unspecified atom stereocenters. The summed E-state index contributed by atoms with van der Waals surface area (Å²) in [4.78, 5) is 12.3. The Morgan fingerprint density at radius 2 is 1.96 bits per heavy atom. The van der Waals surface area contributed by atoms with E-state index in [9.17, 15) is 9.18 Å². The number of anilines is 1. The molecule has 0 aromatic heterocycles. The Hall–Kier alpha value is -2.71. The van der Waals surface area contributed by atoms with Crippen molar-refractivity contribution >= 4 is 28.9 Å². The van der Waals surface area contributed by atoms with Crippen molar-refractivity contribution in [3.05, 3.63) is 59.4 Å². The Balaban J connectivity index is 1.96. The zero-order valence-corrected chi connectivity index (χ0v) is 15.3. The molecule has 2 rings (SSSR count). The van der Waals surface area contributed by atoms with E-state index in [-0.39, 0.29) is 10.8 Å². The molecule has 0 heterocycles. The predicted molar refractivity (Wildman–Crippen MR) is 102 cm³/mol. The van der Waals surface area contributed by atoms with Crippen LogP contribution in [-0.4, -0.2) is 24.7 Å². The second-order valence-electron chi connectivity index (χ2n) is 5.18. The molecule has 0 fully saturated rings. The molecule has 0 radical (unpaired) electrons. The average molecular weight is 377 g/mol. The monoisotopic (exact) mass is 377 g/mol. The quantitative estimate of drug-likeness (QED) is 0.531. The number of ether oxygens (including phenoxy) is 2. The summed E-state index contributed by atoms with van der Waals surface area (Å²) in [5, 5.41) is 2.73. The lowest BCUT2D eigenvalue weighted by molar-refractivity contribution is 0.0943. The number of carbonyl (C=O) groups excluding carboxylic acids is 1. The highest BCUT2D eigenvalue weighted by Crippen LogP contribution is 2.20. The Labute approximate surface area is 156 Å². The van der Waals surface area contributed by atoms with Crippen molar-refractivity contribution in [2.24, 2.45) is 0 Å². The molecule has 8 heteroatoms. The van der Waals surface area contributed by atoms with Gasteiger partial charge in [-0.3, -0.25) is 15.6 Å². The normalized spacial score (nSPS) is 10.1. The van der Waals surface area contributed by atoms with E-state index in [1.54, 1.807) is 37.4 Å². The fraction of sp³-hybridized carbons (Fsp3) is 0.222. The Morgan fingerprint density at radius 1 is 1.19 bits per heavy atom. The molecular weight excluding hydrogens is 357 g/mol. The summed E-state index contributed by atoms with van der Waals surface area (Å²) >= 11 is 5.04. The number of methoxy groups -OCH3 is 1. The first kappa shape index (κ1) is 19.6. The summed E-state index contributed by atoms with van der Waals surface area (Å²) in [6, 6.07) is 11.1. The van der Waals surface area contributed by atoms with Crippen LogP contribution in [0.2, 0.25) is 0 Å². The molecule has 138 valence electrons. The summed E-state index contributed by atoms with van der Waals surface area (Å²) in [5.74, 6) is -0.207. The number of rotatable bonds is 6. The van der Waals surface area contributed by atoms with Crippen LogP contribution in [0.5, 0.6) is 5.75 Å². The van der Waals surface area contributed by atoms with E-state index < -0.39 is 11.7 Å². The highest BCUT2D eigenvalue weighted by Gasteiger charge is 2.11. The molecule has 0 bridgehead atoms. The molecule has 0 saturated carbocycles. The molecule has 0 aliphatic carbocycles. The molecule has 2 aromatic rings. The topological polar surface area (TPSA) is 71.6 Å². The van der Waals surface area contributed by atoms with Gasteiger partial charge in [-0.15, -0.1) is 0 Å². The number of nitrogens with one attached hydrogen (secondary N) is 3.